The number of pyridine rings is 1. The molecule has 2 aliphatic heterocycles. The van der Waals surface area contributed by atoms with Gasteiger partial charge in [0.2, 0.25) is 0 Å². The molecule has 0 amide bonds. The summed E-state index contributed by atoms with van der Waals surface area (Å²) in [7, 11) is 1.84. The Morgan fingerprint density at radius 2 is 2.19 bits per heavy atom. The zero-order chi connectivity index (χ0) is 18.2. The van der Waals surface area contributed by atoms with Crippen molar-refractivity contribution in [2.24, 2.45) is 4.99 Å². The summed E-state index contributed by atoms with van der Waals surface area (Å²) in [6.45, 7) is 6.63. The number of ether oxygens (including phenoxy) is 1. The van der Waals surface area contributed by atoms with Gasteiger partial charge in [0.1, 0.15) is 5.82 Å². The summed E-state index contributed by atoms with van der Waals surface area (Å²) >= 11 is 0. The lowest BCUT2D eigenvalue weighted by atomic mass is 10.1. The van der Waals surface area contributed by atoms with E-state index in [4.69, 9.17) is 4.74 Å². The first-order valence-electron chi connectivity index (χ1n) is 9.66. The van der Waals surface area contributed by atoms with Crippen molar-refractivity contribution in [2.75, 3.05) is 44.8 Å². The first-order valence-corrected chi connectivity index (χ1v) is 9.66. The molecule has 0 radical (unpaired) electrons. The van der Waals surface area contributed by atoms with Gasteiger partial charge in [-0.2, -0.15) is 0 Å². The molecule has 1 aromatic rings. The van der Waals surface area contributed by atoms with Crippen LogP contribution in [-0.2, 0) is 4.74 Å². The zero-order valence-corrected chi connectivity index (χ0v) is 16.0. The molecule has 26 heavy (non-hydrogen) atoms. The van der Waals surface area contributed by atoms with Crippen LogP contribution >= 0.6 is 0 Å². The zero-order valence-electron chi connectivity index (χ0n) is 16.0. The average Bonchev–Trinajstić information content (AvgIpc) is 2.68. The van der Waals surface area contributed by atoms with Crippen LogP contribution in [0.15, 0.2) is 34.8 Å². The minimum absolute atomic E-state index is 0.463. The van der Waals surface area contributed by atoms with Crippen LogP contribution in [0.25, 0.3) is 0 Å². The molecular weight excluding hydrogens is 326 g/mol. The van der Waals surface area contributed by atoms with E-state index in [0.29, 0.717) is 6.04 Å². The molecule has 2 aliphatic rings. The van der Waals surface area contributed by atoms with Gasteiger partial charge in [-0.15, -0.1) is 0 Å². The molecule has 142 valence electrons. The average molecular weight is 358 g/mol. The minimum atomic E-state index is 0.463. The fourth-order valence-corrected chi connectivity index (χ4v) is 3.48. The number of piperidine rings is 1. The molecule has 0 spiro atoms. The van der Waals surface area contributed by atoms with Crippen LogP contribution in [-0.4, -0.2) is 56.9 Å². The Balaban J connectivity index is 1.40. The number of rotatable bonds is 5. The lowest BCUT2D eigenvalue weighted by Crippen LogP contribution is -2.49. The van der Waals surface area contributed by atoms with Crippen molar-refractivity contribution in [3.05, 3.63) is 35.5 Å². The van der Waals surface area contributed by atoms with Crippen molar-refractivity contribution >= 4 is 11.8 Å². The quantitative estimate of drug-likeness (QED) is 0.481. The summed E-state index contributed by atoms with van der Waals surface area (Å²) in [6, 6.07) is 6.70. The van der Waals surface area contributed by atoms with Gasteiger partial charge in [-0.3, -0.25) is 4.99 Å². The number of anilines is 1. The van der Waals surface area contributed by atoms with Crippen LogP contribution in [0.2, 0.25) is 0 Å². The highest BCUT2D eigenvalue weighted by Gasteiger charge is 2.20. The molecule has 1 saturated heterocycles. The number of nitrogens with zero attached hydrogens (tertiary/aromatic N) is 3. The highest BCUT2D eigenvalue weighted by molar-refractivity contribution is 5.80. The van der Waals surface area contributed by atoms with E-state index in [0.717, 1.165) is 76.0 Å². The van der Waals surface area contributed by atoms with Crippen molar-refractivity contribution in [3.8, 4) is 0 Å². The number of aryl methyl sites for hydroxylation is 1. The van der Waals surface area contributed by atoms with Crippen molar-refractivity contribution in [3.63, 3.8) is 0 Å². The van der Waals surface area contributed by atoms with Gasteiger partial charge in [0.15, 0.2) is 5.96 Å². The third-order valence-corrected chi connectivity index (χ3v) is 5.05. The van der Waals surface area contributed by atoms with Gasteiger partial charge in [0, 0.05) is 38.4 Å². The number of guanidine groups is 1. The molecule has 3 rings (SSSR count). The SMILES string of the molecule is CN=C(NCCC1=CCOCC1)NC1CCN(c2cccc(C)n2)CC1. The second kappa shape index (κ2) is 9.57. The second-order valence-corrected chi connectivity index (χ2v) is 6.98. The molecule has 6 heteroatoms. The first kappa shape index (κ1) is 18.7. The molecule has 0 bridgehead atoms. The van der Waals surface area contributed by atoms with Gasteiger partial charge in [0.05, 0.1) is 13.2 Å². The van der Waals surface area contributed by atoms with Crippen LogP contribution in [0.1, 0.15) is 31.4 Å². The largest absolute Gasteiger partial charge is 0.377 e. The van der Waals surface area contributed by atoms with Gasteiger partial charge in [-0.1, -0.05) is 17.7 Å². The van der Waals surface area contributed by atoms with E-state index < -0.39 is 0 Å². The maximum absolute atomic E-state index is 5.35. The maximum atomic E-state index is 5.35. The van der Waals surface area contributed by atoms with Crippen LogP contribution in [0.5, 0.6) is 0 Å². The van der Waals surface area contributed by atoms with Crippen molar-refractivity contribution in [2.45, 2.75) is 38.6 Å². The maximum Gasteiger partial charge on any atom is 0.191 e. The Hall–Kier alpha value is -2.08. The van der Waals surface area contributed by atoms with E-state index in [-0.39, 0.29) is 0 Å². The van der Waals surface area contributed by atoms with E-state index in [1.165, 1.54) is 5.57 Å². The van der Waals surface area contributed by atoms with E-state index in [1.54, 1.807) is 0 Å². The summed E-state index contributed by atoms with van der Waals surface area (Å²) in [5.74, 6) is 2.00. The Kier molecular flexibility index (Phi) is 6.89. The van der Waals surface area contributed by atoms with Crippen LogP contribution in [0.4, 0.5) is 5.82 Å². The molecule has 3 heterocycles. The lowest BCUT2D eigenvalue weighted by molar-refractivity contribution is 0.153. The normalized spacial score (nSPS) is 19.2. The standard InChI is InChI=1S/C20H31N5O/c1-16-4-3-5-19(23-16)25-12-7-18(8-13-25)24-20(21-2)22-11-6-17-9-14-26-15-10-17/h3-5,9,18H,6-8,10-15H2,1-2H3,(H2,21,22,24). The predicted octanol–water partition coefficient (Wildman–Crippen LogP) is 2.26. The number of aliphatic imine (C=N–C) groups is 1. The molecule has 2 N–H and O–H groups in total. The van der Waals surface area contributed by atoms with Gasteiger partial charge in [-0.05, 0) is 44.7 Å². The molecule has 0 aromatic carbocycles. The summed E-state index contributed by atoms with van der Waals surface area (Å²) < 4.78 is 5.35. The van der Waals surface area contributed by atoms with E-state index >= 15 is 0 Å². The van der Waals surface area contributed by atoms with Gasteiger partial charge < -0.3 is 20.3 Å². The van der Waals surface area contributed by atoms with Gasteiger partial charge >= 0.3 is 0 Å². The topological polar surface area (TPSA) is 61.8 Å². The van der Waals surface area contributed by atoms with Crippen LogP contribution < -0.4 is 15.5 Å². The van der Waals surface area contributed by atoms with Crippen molar-refractivity contribution < 1.29 is 4.74 Å². The Labute approximate surface area is 156 Å². The third kappa shape index (κ3) is 5.46. The number of hydrogen-bond donors (Lipinski definition) is 2. The summed E-state index contributed by atoms with van der Waals surface area (Å²) in [4.78, 5) is 11.4. The second-order valence-electron chi connectivity index (χ2n) is 6.98. The van der Waals surface area contributed by atoms with Crippen LogP contribution in [0, 0.1) is 6.92 Å². The Morgan fingerprint density at radius 3 is 2.88 bits per heavy atom. The van der Waals surface area contributed by atoms with E-state index in [9.17, 15) is 0 Å². The Morgan fingerprint density at radius 1 is 1.35 bits per heavy atom. The molecule has 1 fully saturated rings. The van der Waals surface area contributed by atoms with Crippen LogP contribution in [0.3, 0.4) is 0 Å². The lowest BCUT2D eigenvalue weighted by Gasteiger charge is -2.34. The monoisotopic (exact) mass is 357 g/mol. The summed E-state index contributed by atoms with van der Waals surface area (Å²) in [5, 5.41) is 7.02. The third-order valence-electron chi connectivity index (χ3n) is 5.05. The fraction of sp³-hybridized carbons (Fsp3) is 0.600. The molecule has 1 aromatic heterocycles. The molecule has 6 nitrogen and oxygen atoms in total. The number of aromatic nitrogens is 1. The summed E-state index contributed by atoms with van der Waals surface area (Å²) in [6.07, 6.45) is 6.51. The number of hydrogen-bond acceptors (Lipinski definition) is 4. The van der Waals surface area contributed by atoms with Crippen molar-refractivity contribution in [1.82, 2.24) is 15.6 Å². The smallest absolute Gasteiger partial charge is 0.191 e. The van der Waals surface area contributed by atoms with E-state index in [2.05, 4.69) is 43.7 Å². The highest BCUT2D eigenvalue weighted by Crippen LogP contribution is 2.18. The Bertz CT molecular complexity index is 635. The van der Waals surface area contributed by atoms with Crippen molar-refractivity contribution in [1.29, 1.82) is 0 Å². The fourth-order valence-electron chi connectivity index (χ4n) is 3.48. The molecular formula is C20H31N5O. The molecule has 0 unspecified atom stereocenters. The molecule has 0 atom stereocenters. The first-order chi connectivity index (χ1) is 12.7. The van der Waals surface area contributed by atoms with Gasteiger partial charge in [-0.25, -0.2) is 4.98 Å². The minimum Gasteiger partial charge on any atom is -0.377 e. The van der Waals surface area contributed by atoms with E-state index in [1.807, 2.05) is 20.0 Å². The number of nitrogens with one attached hydrogen (secondary N) is 2. The predicted molar refractivity (Wildman–Crippen MR) is 107 cm³/mol. The molecule has 0 aliphatic carbocycles. The highest BCUT2D eigenvalue weighted by atomic mass is 16.5. The summed E-state index contributed by atoms with van der Waals surface area (Å²) in [5.41, 5.74) is 2.56. The van der Waals surface area contributed by atoms with Gasteiger partial charge in [0.25, 0.3) is 0 Å². The molecule has 0 saturated carbocycles.